The van der Waals surface area contributed by atoms with E-state index in [4.69, 9.17) is 11.6 Å². The summed E-state index contributed by atoms with van der Waals surface area (Å²) in [6, 6.07) is 1.65. The third-order valence-corrected chi connectivity index (χ3v) is 3.18. The fourth-order valence-corrected chi connectivity index (χ4v) is 2.28. The molecule has 18 heavy (non-hydrogen) atoms. The lowest BCUT2D eigenvalue weighted by atomic mass is 10.3. The number of halogens is 1. The van der Waals surface area contributed by atoms with E-state index in [0.717, 1.165) is 6.42 Å². The molecule has 1 aliphatic heterocycles. The fraction of sp³-hybridized carbons (Fsp3) is 0.500. The van der Waals surface area contributed by atoms with Crippen molar-refractivity contribution in [1.29, 1.82) is 0 Å². The van der Waals surface area contributed by atoms with Crippen LogP contribution < -0.4 is 5.32 Å². The van der Waals surface area contributed by atoms with Crippen LogP contribution in [-0.4, -0.2) is 40.9 Å². The van der Waals surface area contributed by atoms with Gasteiger partial charge in [0.15, 0.2) is 0 Å². The van der Waals surface area contributed by atoms with Gasteiger partial charge in [-0.25, -0.2) is 0 Å². The maximum atomic E-state index is 12.4. The molecule has 1 aromatic rings. The predicted molar refractivity (Wildman–Crippen MR) is 68.6 cm³/mol. The summed E-state index contributed by atoms with van der Waals surface area (Å²) in [5.41, 5.74) is 0.539. The van der Waals surface area contributed by atoms with E-state index in [0.29, 0.717) is 30.4 Å². The zero-order chi connectivity index (χ0) is 13.1. The molecular weight excluding hydrogens is 254 g/mol. The number of carbonyl (C=O) groups excluding carboxylic acids is 2. The van der Waals surface area contributed by atoms with Crippen molar-refractivity contribution in [3.05, 3.63) is 23.0 Å². The summed E-state index contributed by atoms with van der Waals surface area (Å²) < 4.78 is 1.80. The highest BCUT2D eigenvalue weighted by Crippen LogP contribution is 2.16. The molecule has 1 saturated heterocycles. The predicted octanol–water partition coefficient (Wildman–Crippen LogP) is 1.12. The van der Waals surface area contributed by atoms with Crippen molar-refractivity contribution in [3.8, 4) is 0 Å². The number of hydrogen-bond acceptors (Lipinski definition) is 2. The smallest absolute Gasteiger partial charge is 0.270 e. The lowest BCUT2D eigenvalue weighted by Crippen LogP contribution is -2.38. The number of rotatable bonds is 2. The molecular formula is C12H16ClN3O2. The molecule has 0 atom stereocenters. The molecule has 2 amide bonds. The molecule has 2 rings (SSSR count). The fourth-order valence-electron chi connectivity index (χ4n) is 2.06. The normalized spacial score (nSPS) is 16.3. The molecule has 98 valence electrons. The second-order valence-corrected chi connectivity index (χ2v) is 4.70. The molecule has 1 N–H and O–H groups in total. The van der Waals surface area contributed by atoms with E-state index in [1.165, 1.54) is 0 Å². The first-order valence-corrected chi connectivity index (χ1v) is 6.41. The van der Waals surface area contributed by atoms with Crippen LogP contribution in [0.1, 0.15) is 23.8 Å². The molecule has 0 aromatic carbocycles. The lowest BCUT2D eigenvalue weighted by Gasteiger charge is -2.19. The van der Waals surface area contributed by atoms with E-state index in [1.54, 1.807) is 21.7 Å². The van der Waals surface area contributed by atoms with Crippen molar-refractivity contribution in [3.63, 3.8) is 0 Å². The standard InChI is InChI=1S/C12H16ClN3O2/c1-2-15-7-9(13)6-10(15)12(18)16-5-3-4-14-11(17)8-16/h6-7H,2-5,8H2,1H3,(H,14,17). The Morgan fingerprint density at radius 2 is 2.33 bits per heavy atom. The molecule has 1 fully saturated rings. The van der Waals surface area contributed by atoms with E-state index in [1.807, 2.05) is 6.92 Å². The Bertz CT molecular complexity index is 470. The number of nitrogens with zero attached hydrogens (tertiary/aromatic N) is 2. The van der Waals surface area contributed by atoms with Crippen LogP contribution in [0.4, 0.5) is 0 Å². The van der Waals surface area contributed by atoms with Gasteiger partial charge in [0.2, 0.25) is 5.91 Å². The van der Waals surface area contributed by atoms with Crippen molar-refractivity contribution in [2.75, 3.05) is 19.6 Å². The Morgan fingerprint density at radius 1 is 1.56 bits per heavy atom. The third kappa shape index (κ3) is 2.67. The van der Waals surface area contributed by atoms with Crippen LogP contribution in [0.5, 0.6) is 0 Å². The molecule has 0 spiro atoms. The van der Waals surface area contributed by atoms with Crippen molar-refractivity contribution in [2.45, 2.75) is 19.9 Å². The largest absolute Gasteiger partial charge is 0.354 e. The van der Waals surface area contributed by atoms with E-state index in [-0.39, 0.29) is 18.4 Å². The van der Waals surface area contributed by atoms with Crippen LogP contribution in [0.3, 0.4) is 0 Å². The average Bonchev–Trinajstić information content (AvgIpc) is 2.59. The van der Waals surface area contributed by atoms with Gasteiger partial charge in [-0.05, 0) is 19.4 Å². The van der Waals surface area contributed by atoms with Crippen LogP contribution in [0.15, 0.2) is 12.3 Å². The van der Waals surface area contributed by atoms with Gasteiger partial charge in [-0.15, -0.1) is 0 Å². The summed E-state index contributed by atoms with van der Waals surface area (Å²) in [7, 11) is 0. The zero-order valence-corrected chi connectivity index (χ0v) is 11.0. The molecule has 5 nitrogen and oxygen atoms in total. The lowest BCUT2D eigenvalue weighted by molar-refractivity contribution is -0.121. The number of aromatic nitrogens is 1. The van der Waals surface area contributed by atoms with E-state index < -0.39 is 0 Å². The van der Waals surface area contributed by atoms with Crippen molar-refractivity contribution in [1.82, 2.24) is 14.8 Å². The minimum Gasteiger partial charge on any atom is -0.354 e. The van der Waals surface area contributed by atoms with Crippen LogP contribution in [0, 0.1) is 0 Å². The van der Waals surface area contributed by atoms with Gasteiger partial charge in [0, 0.05) is 25.8 Å². The second kappa shape index (κ2) is 5.44. The van der Waals surface area contributed by atoms with Crippen LogP contribution in [0.25, 0.3) is 0 Å². The van der Waals surface area contributed by atoms with Crippen molar-refractivity contribution in [2.24, 2.45) is 0 Å². The summed E-state index contributed by atoms with van der Waals surface area (Å²) >= 11 is 5.92. The first-order chi connectivity index (χ1) is 8.61. The molecule has 2 heterocycles. The molecule has 0 saturated carbocycles. The third-order valence-electron chi connectivity index (χ3n) is 2.97. The number of nitrogens with one attached hydrogen (secondary N) is 1. The number of carbonyl (C=O) groups is 2. The number of amides is 2. The average molecular weight is 270 g/mol. The number of hydrogen-bond donors (Lipinski definition) is 1. The van der Waals surface area contributed by atoms with Gasteiger partial charge in [-0.3, -0.25) is 9.59 Å². The monoisotopic (exact) mass is 269 g/mol. The van der Waals surface area contributed by atoms with Gasteiger partial charge >= 0.3 is 0 Å². The van der Waals surface area contributed by atoms with Gasteiger partial charge in [0.25, 0.3) is 5.91 Å². The van der Waals surface area contributed by atoms with Gasteiger partial charge < -0.3 is 14.8 Å². The Kier molecular flexibility index (Phi) is 3.91. The molecule has 1 aromatic heterocycles. The first-order valence-electron chi connectivity index (χ1n) is 6.03. The molecule has 0 unspecified atom stereocenters. The Balaban J connectivity index is 2.21. The summed E-state index contributed by atoms with van der Waals surface area (Å²) in [6.45, 7) is 3.95. The minimum atomic E-state index is -0.138. The maximum absolute atomic E-state index is 12.4. The molecule has 0 radical (unpaired) electrons. The van der Waals surface area contributed by atoms with E-state index in [9.17, 15) is 9.59 Å². The van der Waals surface area contributed by atoms with Crippen molar-refractivity contribution >= 4 is 23.4 Å². The topological polar surface area (TPSA) is 54.3 Å². The van der Waals surface area contributed by atoms with Gasteiger partial charge in [-0.1, -0.05) is 11.6 Å². The Morgan fingerprint density at radius 3 is 3.06 bits per heavy atom. The summed E-state index contributed by atoms with van der Waals surface area (Å²) in [5.74, 6) is -0.248. The minimum absolute atomic E-state index is 0.110. The zero-order valence-electron chi connectivity index (χ0n) is 10.3. The SMILES string of the molecule is CCn1cc(Cl)cc1C(=O)N1CCCNC(=O)C1. The van der Waals surface area contributed by atoms with Crippen molar-refractivity contribution < 1.29 is 9.59 Å². The Hall–Kier alpha value is -1.49. The van der Waals surface area contributed by atoms with E-state index >= 15 is 0 Å². The number of aryl methyl sites for hydroxylation is 1. The summed E-state index contributed by atoms with van der Waals surface area (Å²) in [6.07, 6.45) is 2.50. The maximum Gasteiger partial charge on any atom is 0.270 e. The highest BCUT2D eigenvalue weighted by molar-refractivity contribution is 6.31. The van der Waals surface area contributed by atoms with Crippen LogP contribution >= 0.6 is 11.6 Å². The van der Waals surface area contributed by atoms with Gasteiger partial charge in [-0.2, -0.15) is 0 Å². The summed E-state index contributed by atoms with van der Waals surface area (Å²) in [5, 5.41) is 3.29. The first kappa shape index (κ1) is 13.0. The molecule has 0 aliphatic carbocycles. The molecule has 6 heteroatoms. The molecule has 0 bridgehead atoms. The summed E-state index contributed by atoms with van der Waals surface area (Å²) in [4.78, 5) is 25.4. The van der Waals surface area contributed by atoms with E-state index in [2.05, 4.69) is 5.32 Å². The molecule has 1 aliphatic rings. The van der Waals surface area contributed by atoms with Gasteiger partial charge in [0.1, 0.15) is 5.69 Å². The second-order valence-electron chi connectivity index (χ2n) is 4.26. The highest BCUT2D eigenvalue weighted by atomic mass is 35.5. The quantitative estimate of drug-likeness (QED) is 0.875. The highest BCUT2D eigenvalue weighted by Gasteiger charge is 2.23. The van der Waals surface area contributed by atoms with Gasteiger partial charge in [0.05, 0.1) is 11.6 Å². The van der Waals surface area contributed by atoms with Crippen LogP contribution in [0.2, 0.25) is 5.02 Å². The van der Waals surface area contributed by atoms with Crippen LogP contribution in [-0.2, 0) is 11.3 Å². The Labute approximate surface area is 111 Å².